The number of aliphatic hydroxyl groups is 4. The molecule has 0 saturated carbocycles. The van der Waals surface area contributed by atoms with Crippen molar-refractivity contribution in [2.24, 2.45) is 0 Å². The smallest absolute Gasteiger partial charge is 0.0558 e. The van der Waals surface area contributed by atoms with Gasteiger partial charge in [-0.1, -0.05) is 287 Å². The van der Waals surface area contributed by atoms with E-state index in [1.54, 1.807) is 0 Å². The summed E-state index contributed by atoms with van der Waals surface area (Å²) in [6.07, 6.45) is 62.2. The van der Waals surface area contributed by atoms with Crippen LogP contribution in [0.25, 0.3) is 0 Å². The van der Waals surface area contributed by atoms with E-state index in [1.807, 2.05) is 0 Å². The van der Waals surface area contributed by atoms with Gasteiger partial charge in [-0.3, -0.25) is 4.90 Å². The molecule has 0 amide bonds. The van der Waals surface area contributed by atoms with E-state index in [9.17, 15) is 0 Å². The third-order valence-corrected chi connectivity index (χ3v) is 19.3. The van der Waals surface area contributed by atoms with E-state index >= 15 is 0 Å². The molecule has 0 radical (unpaired) electrons. The lowest BCUT2D eigenvalue weighted by Crippen LogP contribution is -2.36. The Morgan fingerprint density at radius 1 is 0.168 bits per heavy atom. The molecule has 0 spiro atoms. The molecule has 3 aliphatic rings. The van der Waals surface area contributed by atoms with E-state index in [1.165, 1.54) is 257 Å². The molecule has 101 heavy (non-hydrogen) atoms. The molecule has 0 aromatic heterocycles. The maximum absolute atomic E-state index is 9.15. The van der Waals surface area contributed by atoms with E-state index in [0.717, 1.165) is 215 Å². The Balaban J connectivity index is -0.000000553. The molecule has 3 aliphatic heterocycles. The Hall–Kier alpha value is -0.640. The molecule has 0 unspecified atom stereocenters. The topological polar surface area (TPSA) is 190 Å². The fourth-order valence-corrected chi connectivity index (χ4v) is 12.7. The maximum atomic E-state index is 9.15. The summed E-state index contributed by atoms with van der Waals surface area (Å²) in [5, 5.41) is 64.1. The highest BCUT2D eigenvalue weighted by Crippen LogP contribution is 2.12. The first-order valence-corrected chi connectivity index (χ1v) is 44.9. The van der Waals surface area contributed by atoms with Crippen molar-refractivity contribution in [3.63, 3.8) is 0 Å². The van der Waals surface area contributed by atoms with Gasteiger partial charge in [-0.15, -0.1) is 0 Å². The molecule has 3 saturated heterocycles. The van der Waals surface area contributed by atoms with Gasteiger partial charge in [0.05, 0.1) is 26.4 Å². The van der Waals surface area contributed by atoms with Crippen molar-refractivity contribution < 1.29 is 20.4 Å². The molecule has 16 heteroatoms. The Bertz CT molecular complexity index is 1160. The predicted octanol–water partition coefficient (Wildman–Crippen LogP) is 15.6. The van der Waals surface area contributed by atoms with E-state index in [2.05, 4.69) is 118 Å². The van der Waals surface area contributed by atoms with E-state index in [-0.39, 0.29) is 26.4 Å². The standard InChI is InChI=1S/C15H34N4O2.2C13H30N4O.4C11H24/c20-14-12-18-8-1-4-16-6-7-17-5-2-9-19(13-15-21)11-3-10-18;18-13-12-17-10-3-8-15-6-1-4-14-5-2-7-16-9-11-17;18-13-12-17-10-2-6-14-4-1-5-15-8-9-16-7-3-11-17;4*1-3-5-7-9-11-10-8-6-4-2/h16-17,20-21H,1-15H2;2*14-16,18H,1-13H2;4*3-11H2,1-2H3. The number of nitrogens with zero attached hydrogens (tertiary/aromatic N) is 4. The summed E-state index contributed by atoms with van der Waals surface area (Å²) in [7, 11) is 0. The summed E-state index contributed by atoms with van der Waals surface area (Å²) in [4.78, 5) is 9.39. The minimum Gasteiger partial charge on any atom is -0.395 e. The molecule has 3 rings (SSSR count). The van der Waals surface area contributed by atoms with Crippen molar-refractivity contribution in [1.82, 2.24) is 62.1 Å². The van der Waals surface area contributed by atoms with Crippen LogP contribution >= 0.6 is 0 Å². The van der Waals surface area contributed by atoms with Crippen LogP contribution in [-0.4, -0.2) is 250 Å². The quantitative estimate of drug-likeness (QED) is 0.0259. The number of rotatable bonds is 40. The van der Waals surface area contributed by atoms with E-state index in [0.29, 0.717) is 0 Å². The molecule has 0 aromatic rings. The maximum Gasteiger partial charge on any atom is 0.0558 e. The number of hydrogen-bond acceptors (Lipinski definition) is 16. The van der Waals surface area contributed by atoms with Crippen molar-refractivity contribution in [3.05, 3.63) is 0 Å². The summed E-state index contributed by atoms with van der Waals surface area (Å²) in [5.74, 6) is 0. The average molecular weight is 1440 g/mol. The van der Waals surface area contributed by atoms with Gasteiger partial charge in [-0.05, 0) is 176 Å². The average Bonchev–Trinajstić information content (AvgIpc) is 2.44. The largest absolute Gasteiger partial charge is 0.395 e. The lowest BCUT2D eigenvalue weighted by molar-refractivity contribution is 0.167. The molecule has 0 bridgehead atoms. The lowest BCUT2D eigenvalue weighted by Gasteiger charge is -2.25. The van der Waals surface area contributed by atoms with Gasteiger partial charge in [0, 0.05) is 65.4 Å². The second-order valence-corrected chi connectivity index (χ2v) is 29.3. The molecular weight excluding hydrogens is 1250 g/mol. The van der Waals surface area contributed by atoms with Crippen LogP contribution < -0.4 is 42.5 Å². The molecule has 0 atom stereocenters. The second-order valence-electron chi connectivity index (χ2n) is 29.3. The first-order valence-electron chi connectivity index (χ1n) is 44.9. The van der Waals surface area contributed by atoms with Crippen LogP contribution in [0.3, 0.4) is 0 Å². The summed E-state index contributed by atoms with van der Waals surface area (Å²) in [6, 6.07) is 0. The van der Waals surface area contributed by atoms with Crippen molar-refractivity contribution in [3.8, 4) is 0 Å². The predicted molar refractivity (Wildman–Crippen MR) is 450 cm³/mol. The van der Waals surface area contributed by atoms with Crippen molar-refractivity contribution >= 4 is 0 Å². The normalized spacial score (nSPS) is 17.5. The Labute approximate surface area is 633 Å². The monoisotopic (exact) mass is 1440 g/mol. The molecular formula is C85H190N12O4. The zero-order chi connectivity index (χ0) is 74.4. The highest BCUT2D eigenvalue weighted by molar-refractivity contribution is 4.68. The van der Waals surface area contributed by atoms with Crippen molar-refractivity contribution in [1.29, 1.82) is 0 Å². The summed E-state index contributed by atoms with van der Waals surface area (Å²) in [5.41, 5.74) is 0. The SMILES string of the molecule is CCCCCCCCCCC.CCCCCCCCCCC.CCCCCCCCCCC.CCCCCCCCCCC.OCCN1CCCNCCCNCCCNCC1.OCCN1CCCNCCCNCCNCCC1.OCCN1CCCNCCNCCCN(CCO)CCC1. The number of unbranched alkanes of at least 4 members (excludes halogenated alkanes) is 32. The van der Waals surface area contributed by atoms with Crippen LogP contribution in [0.2, 0.25) is 0 Å². The van der Waals surface area contributed by atoms with Gasteiger partial charge >= 0.3 is 0 Å². The van der Waals surface area contributed by atoms with Crippen LogP contribution in [-0.2, 0) is 0 Å². The lowest BCUT2D eigenvalue weighted by atomic mass is 10.1. The van der Waals surface area contributed by atoms with Gasteiger partial charge in [-0.2, -0.15) is 0 Å². The second kappa shape index (κ2) is 104. The molecule has 3 fully saturated rings. The number of β-amino-alcohol motifs (C(OH)–C–C–N with tert-alkyl or cyclic N) is 4. The highest BCUT2D eigenvalue weighted by atomic mass is 16.3. The first-order chi connectivity index (χ1) is 49.9. The van der Waals surface area contributed by atoms with Crippen LogP contribution in [0.5, 0.6) is 0 Å². The highest BCUT2D eigenvalue weighted by Gasteiger charge is 2.10. The third kappa shape index (κ3) is 101. The van der Waals surface area contributed by atoms with Crippen molar-refractivity contribution in [2.75, 3.05) is 210 Å². The first kappa shape index (κ1) is 107. The van der Waals surface area contributed by atoms with Crippen LogP contribution in [0.1, 0.15) is 344 Å². The molecule has 12 N–H and O–H groups in total. The van der Waals surface area contributed by atoms with Gasteiger partial charge in [-0.25, -0.2) is 0 Å². The van der Waals surface area contributed by atoms with Crippen molar-refractivity contribution in [2.45, 2.75) is 344 Å². The van der Waals surface area contributed by atoms with Gasteiger partial charge in [0.1, 0.15) is 0 Å². The van der Waals surface area contributed by atoms with Gasteiger partial charge in [0.15, 0.2) is 0 Å². The molecule has 0 aliphatic carbocycles. The summed E-state index contributed by atoms with van der Waals surface area (Å²) >= 11 is 0. The molecule has 16 nitrogen and oxygen atoms in total. The van der Waals surface area contributed by atoms with Crippen LogP contribution in [0, 0.1) is 0 Å². The fourth-order valence-electron chi connectivity index (χ4n) is 12.7. The molecule has 0 aromatic carbocycles. The van der Waals surface area contributed by atoms with Gasteiger partial charge < -0.3 is 77.7 Å². The zero-order valence-corrected chi connectivity index (χ0v) is 70.0. The van der Waals surface area contributed by atoms with E-state index < -0.39 is 0 Å². The Morgan fingerprint density at radius 3 is 0.505 bits per heavy atom. The minimum atomic E-state index is 0.234. The van der Waals surface area contributed by atoms with E-state index in [4.69, 9.17) is 20.4 Å². The molecule has 3 heterocycles. The Kier molecular flexibility index (Phi) is 109. The number of hydrogen-bond donors (Lipinski definition) is 12. The number of nitrogens with one attached hydrogen (secondary N) is 8. The number of aliphatic hydroxyl groups excluding tert-OH is 4. The fraction of sp³-hybridized carbons (Fsp3) is 1.00. The van der Waals surface area contributed by atoms with Crippen LogP contribution in [0.15, 0.2) is 0 Å². The zero-order valence-electron chi connectivity index (χ0n) is 70.0. The Morgan fingerprint density at radius 2 is 0.317 bits per heavy atom. The summed E-state index contributed by atoms with van der Waals surface area (Å²) in [6.45, 7) is 47.8. The van der Waals surface area contributed by atoms with Gasteiger partial charge in [0.2, 0.25) is 0 Å². The summed E-state index contributed by atoms with van der Waals surface area (Å²) < 4.78 is 0. The third-order valence-electron chi connectivity index (χ3n) is 19.3. The molecule has 614 valence electrons. The minimum absolute atomic E-state index is 0.234. The van der Waals surface area contributed by atoms with Gasteiger partial charge in [0.25, 0.3) is 0 Å². The van der Waals surface area contributed by atoms with Crippen LogP contribution in [0.4, 0.5) is 0 Å².